The first kappa shape index (κ1) is 16.0. The molecule has 0 radical (unpaired) electrons. The first-order chi connectivity index (χ1) is 9.68. The molecule has 1 fully saturated rings. The number of carbonyl (C=O) groups is 1. The molecule has 1 aromatic carbocycles. The summed E-state index contributed by atoms with van der Waals surface area (Å²) in [6.07, 6.45) is -0.00316. The highest BCUT2D eigenvalue weighted by molar-refractivity contribution is 5.78. The highest BCUT2D eigenvalue weighted by atomic mass is 16.3. The van der Waals surface area contributed by atoms with Crippen LogP contribution in [0.5, 0.6) is 0 Å². The Morgan fingerprint density at radius 1 is 1.33 bits per heavy atom. The maximum atomic E-state index is 12.2. The number of aliphatic hydroxyl groups excluding tert-OH is 1. The highest BCUT2D eigenvalue weighted by Crippen LogP contribution is 2.35. The van der Waals surface area contributed by atoms with E-state index in [-0.39, 0.29) is 11.3 Å². The number of carbonyl (C=O) groups excluding carboxylic acids is 1. The van der Waals surface area contributed by atoms with Crippen molar-refractivity contribution in [3.63, 3.8) is 0 Å². The van der Waals surface area contributed by atoms with E-state index in [9.17, 15) is 9.90 Å². The van der Waals surface area contributed by atoms with Gasteiger partial charge in [-0.3, -0.25) is 4.79 Å². The molecule has 3 heteroatoms. The molecule has 116 valence electrons. The van der Waals surface area contributed by atoms with Gasteiger partial charge in [0.05, 0.1) is 12.6 Å². The van der Waals surface area contributed by atoms with Crippen molar-refractivity contribution in [1.29, 1.82) is 0 Å². The van der Waals surface area contributed by atoms with Crippen molar-refractivity contribution in [3.8, 4) is 0 Å². The number of hydrogen-bond donors (Lipinski definition) is 1. The molecule has 0 bridgehead atoms. The number of benzene rings is 1. The topological polar surface area (TPSA) is 40.5 Å². The monoisotopic (exact) mass is 289 g/mol. The van der Waals surface area contributed by atoms with Crippen LogP contribution in [-0.4, -0.2) is 29.0 Å². The molecule has 2 unspecified atom stereocenters. The lowest BCUT2D eigenvalue weighted by atomic mass is 9.80. The summed E-state index contributed by atoms with van der Waals surface area (Å²) in [6.45, 7) is 11.7. The largest absolute Gasteiger partial charge is 0.387 e. The van der Waals surface area contributed by atoms with Crippen LogP contribution in [0.4, 0.5) is 0 Å². The van der Waals surface area contributed by atoms with Crippen molar-refractivity contribution in [2.45, 2.75) is 47.1 Å². The van der Waals surface area contributed by atoms with Crippen LogP contribution in [0.25, 0.3) is 0 Å². The summed E-state index contributed by atoms with van der Waals surface area (Å²) in [7, 11) is 0. The predicted molar refractivity (Wildman–Crippen MR) is 85.0 cm³/mol. The maximum Gasteiger partial charge on any atom is 0.223 e. The summed E-state index contributed by atoms with van der Waals surface area (Å²) in [5, 5.41) is 10.5. The average Bonchev–Trinajstić information content (AvgIpc) is 2.70. The van der Waals surface area contributed by atoms with E-state index in [2.05, 4.69) is 26.8 Å². The quantitative estimate of drug-likeness (QED) is 0.928. The van der Waals surface area contributed by atoms with E-state index < -0.39 is 6.10 Å². The molecule has 1 saturated heterocycles. The maximum absolute atomic E-state index is 12.2. The minimum absolute atomic E-state index is 0.134. The lowest BCUT2D eigenvalue weighted by Gasteiger charge is -2.27. The first-order valence-electron chi connectivity index (χ1n) is 7.71. The third-order valence-corrected chi connectivity index (χ3v) is 4.62. The summed E-state index contributed by atoms with van der Waals surface area (Å²) in [4.78, 5) is 14.0. The Hall–Kier alpha value is -1.35. The van der Waals surface area contributed by atoms with Gasteiger partial charge in [-0.05, 0) is 36.3 Å². The number of hydrogen-bond acceptors (Lipinski definition) is 2. The first-order valence-corrected chi connectivity index (χ1v) is 7.71. The molecule has 0 saturated carbocycles. The molecular weight excluding hydrogens is 262 g/mol. The molecule has 1 amide bonds. The Balaban J connectivity index is 2.06. The van der Waals surface area contributed by atoms with Gasteiger partial charge in [-0.2, -0.15) is 0 Å². The Labute approximate surface area is 128 Å². The third-order valence-electron chi connectivity index (χ3n) is 4.62. The van der Waals surface area contributed by atoms with E-state index in [1.807, 2.05) is 30.9 Å². The molecule has 0 aromatic heterocycles. The second kappa shape index (κ2) is 5.80. The van der Waals surface area contributed by atoms with Crippen LogP contribution >= 0.6 is 0 Å². The second-order valence-corrected chi connectivity index (χ2v) is 7.44. The standard InChI is InChI=1S/C18H27NO2/c1-12-6-7-15(13(2)8-12)16(20)11-19-10-14(9-17(19)21)18(3,4)5/h6-8,14,16,20H,9-11H2,1-5H3. The van der Waals surface area contributed by atoms with Crippen molar-refractivity contribution in [3.05, 3.63) is 34.9 Å². The lowest BCUT2D eigenvalue weighted by Crippen LogP contribution is -2.31. The van der Waals surface area contributed by atoms with Crippen molar-refractivity contribution in [2.24, 2.45) is 11.3 Å². The Morgan fingerprint density at radius 3 is 2.52 bits per heavy atom. The van der Waals surface area contributed by atoms with Gasteiger partial charge in [0.15, 0.2) is 0 Å². The van der Waals surface area contributed by atoms with E-state index in [1.54, 1.807) is 0 Å². The van der Waals surface area contributed by atoms with Crippen LogP contribution < -0.4 is 0 Å². The van der Waals surface area contributed by atoms with E-state index in [4.69, 9.17) is 0 Å². The molecule has 1 heterocycles. The normalized spacial score (nSPS) is 21.0. The molecule has 21 heavy (non-hydrogen) atoms. The zero-order chi connectivity index (χ0) is 15.8. The van der Waals surface area contributed by atoms with Crippen LogP contribution in [0.15, 0.2) is 18.2 Å². The Kier molecular flexibility index (Phi) is 4.43. The molecular formula is C18H27NO2. The fourth-order valence-electron chi connectivity index (χ4n) is 3.04. The van der Waals surface area contributed by atoms with Crippen LogP contribution in [-0.2, 0) is 4.79 Å². The number of amides is 1. The second-order valence-electron chi connectivity index (χ2n) is 7.44. The Bertz CT molecular complexity index is 531. The summed E-state index contributed by atoms with van der Waals surface area (Å²) in [5.74, 6) is 0.537. The third kappa shape index (κ3) is 3.65. The van der Waals surface area contributed by atoms with Gasteiger partial charge in [-0.1, -0.05) is 44.5 Å². The van der Waals surface area contributed by atoms with Crippen molar-refractivity contribution >= 4 is 5.91 Å². The molecule has 2 rings (SSSR count). The number of β-amino-alcohol motifs (C(OH)–C–C–N with tert-alkyl or cyclic N) is 1. The van der Waals surface area contributed by atoms with E-state index in [0.29, 0.717) is 18.9 Å². The van der Waals surface area contributed by atoms with Crippen molar-refractivity contribution in [2.75, 3.05) is 13.1 Å². The molecule has 3 nitrogen and oxygen atoms in total. The number of aryl methyl sites for hydroxylation is 2. The van der Waals surface area contributed by atoms with Gasteiger partial charge < -0.3 is 10.0 Å². The summed E-state index contributed by atoms with van der Waals surface area (Å²) in [6, 6.07) is 6.05. The fourth-order valence-corrected chi connectivity index (χ4v) is 3.04. The van der Waals surface area contributed by atoms with E-state index in [1.165, 1.54) is 5.56 Å². The molecule has 0 aliphatic carbocycles. The lowest BCUT2D eigenvalue weighted by molar-refractivity contribution is -0.129. The SMILES string of the molecule is Cc1ccc(C(O)CN2CC(C(C)(C)C)CC2=O)c(C)c1. The van der Waals surface area contributed by atoms with Gasteiger partial charge in [0, 0.05) is 13.0 Å². The summed E-state index contributed by atoms with van der Waals surface area (Å²) < 4.78 is 0. The predicted octanol–water partition coefficient (Wildman–Crippen LogP) is 3.23. The minimum atomic E-state index is -0.603. The number of likely N-dealkylation sites (tertiary alicyclic amines) is 1. The molecule has 2 atom stereocenters. The van der Waals surface area contributed by atoms with Gasteiger partial charge in [0.2, 0.25) is 5.91 Å². The van der Waals surface area contributed by atoms with E-state index >= 15 is 0 Å². The van der Waals surface area contributed by atoms with Gasteiger partial charge in [0.25, 0.3) is 0 Å². The molecule has 1 N–H and O–H groups in total. The van der Waals surface area contributed by atoms with Crippen LogP contribution in [0.3, 0.4) is 0 Å². The van der Waals surface area contributed by atoms with Gasteiger partial charge >= 0.3 is 0 Å². The van der Waals surface area contributed by atoms with Crippen LogP contribution in [0.2, 0.25) is 0 Å². The number of aliphatic hydroxyl groups is 1. The molecule has 1 aliphatic heterocycles. The van der Waals surface area contributed by atoms with Gasteiger partial charge in [-0.15, -0.1) is 0 Å². The van der Waals surface area contributed by atoms with Crippen molar-refractivity contribution in [1.82, 2.24) is 4.90 Å². The number of rotatable bonds is 3. The van der Waals surface area contributed by atoms with Gasteiger partial charge in [-0.25, -0.2) is 0 Å². The van der Waals surface area contributed by atoms with Crippen LogP contribution in [0.1, 0.15) is 50.0 Å². The van der Waals surface area contributed by atoms with E-state index in [0.717, 1.165) is 17.7 Å². The van der Waals surface area contributed by atoms with Gasteiger partial charge in [0.1, 0.15) is 0 Å². The molecule has 1 aliphatic rings. The minimum Gasteiger partial charge on any atom is -0.387 e. The Morgan fingerprint density at radius 2 is 2.00 bits per heavy atom. The number of nitrogens with zero attached hydrogens (tertiary/aromatic N) is 1. The smallest absolute Gasteiger partial charge is 0.223 e. The van der Waals surface area contributed by atoms with Crippen molar-refractivity contribution < 1.29 is 9.90 Å². The fraction of sp³-hybridized carbons (Fsp3) is 0.611. The average molecular weight is 289 g/mol. The highest BCUT2D eigenvalue weighted by Gasteiger charge is 2.37. The molecule has 0 spiro atoms. The molecule has 1 aromatic rings. The van der Waals surface area contributed by atoms with Crippen LogP contribution in [0, 0.1) is 25.2 Å². The zero-order valence-corrected chi connectivity index (χ0v) is 13.8. The zero-order valence-electron chi connectivity index (χ0n) is 13.8. The summed E-state index contributed by atoms with van der Waals surface area (Å²) in [5.41, 5.74) is 3.33. The summed E-state index contributed by atoms with van der Waals surface area (Å²) >= 11 is 0.